The van der Waals surface area contributed by atoms with E-state index in [1.807, 2.05) is 18.3 Å². The van der Waals surface area contributed by atoms with Gasteiger partial charge in [-0.05, 0) is 41.4 Å². The molecule has 4 aromatic rings. The van der Waals surface area contributed by atoms with Crippen LogP contribution in [0, 0.1) is 0 Å². The van der Waals surface area contributed by atoms with Crippen LogP contribution in [0.2, 0.25) is 5.02 Å². The number of nitrogens with zero attached hydrogens (tertiary/aromatic N) is 4. The average molecular weight is 431 g/mol. The molecule has 1 fully saturated rings. The summed E-state index contributed by atoms with van der Waals surface area (Å²) in [7, 11) is 0. The summed E-state index contributed by atoms with van der Waals surface area (Å²) >= 11 is 6.15. The van der Waals surface area contributed by atoms with Crippen molar-refractivity contribution >= 4 is 17.2 Å². The number of rotatable bonds is 5. The Morgan fingerprint density at radius 2 is 1.55 bits per heavy atom. The Kier molecular flexibility index (Phi) is 5.77. The second-order valence-corrected chi connectivity index (χ2v) is 8.61. The number of pyridine rings is 1. The summed E-state index contributed by atoms with van der Waals surface area (Å²) in [6.07, 6.45) is 4.27. The molecule has 3 heterocycles. The maximum atomic E-state index is 6.15. The Labute approximate surface area is 188 Å². The Hall–Kier alpha value is -2.66. The molecular weight excluding hydrogens is 404 g/mol. The molecule has 5 heteroatoms. The zero-order valence-corrected chi connectivity index (χ0v) is 18.6. The van der Waals surface area contributed by atoms with E-state index < -0.39 is 0 Å². The van der Waals surface area contributed by atoms with Crippen molar-refractivity contribution in [1.82, 2.24) is 19.2 Å². The number of fused-ring (bicyclic) bond motifs is 1. The molecule has 0 saturated carbocycles. The normalized spacial score (nSPS) is 15.5. The molecule has 5 rings (SSSR count). The van der Waals surface area contributed by atoms with E-state index in [0.29, 0.717) is 0 Å². The number of piperazine rings is 1. The standard InChI is InChI=1S/C26H27ClN4/c1-2-29-12-14-30(15-13-29)19-24-17-28-26-25(21-8-10-23(27)11-9-21)16-22(18-31(24)26)20-6-4-3-5-7-20/h3-11,16-18H,2,12-15,19H2,1H3. The van der Waals surface area contributed by atoms with Crippen LogP contribution in [0.4, 0.5) is 0 Å². The van der Waals surface area contributed by atoms with Crippen molar-refractivity contribution in [3.8, 4) is 22.3 Å². The van der Waals surface area contributed by atoms with E-state index in [2.05, 4.69) is 75.9 Å². The summed E-state index contributed by atoms with van der Waals surface area (Å²) in [6.45, 7) is 8.76. The Bertz CT molecular complexity index is 1160. The van der Waals surface area contributed by atoms with E-state index in [1.54, 1.807) is 0 Å². The molecule has 2 aromatic heterocycles. The molecule has 0 N–H and O–H groups in total. The molecule has 1 aliphatic rings. The molecule has 0 amide bonds. The van der Waals surface area contributed by atoms with Gasteiger partial charge in [-0.2, -0.15) is 0 Å². The van der Waals surface area contributed by atoms with E-state index in [9.17, 15) is 0 Å². The predicted molar refractivity (Wildman–Crippen MR) is 128 cm³/mol. The molecule has 4 nitrogen and oxygen atoms in total. The first kappa shape index (κ1) is 20.3. The second-order valence-electron chi connectivity index (χ2n) is 8.17. The van der Waals surface area contributed by atoms with E-state index in [0.717, 1.165) is 61.1 Å². The lowest BCUT2D eigenvalue weighted by atomic mass is 10.0. The van der Waals surface area contributed by atoms with Crippen LogP contribution in [0.1, 0.15) is 12.6 Å². The molecule has 0 unspecified atom stereocenters. The summed E-state index contributed by atoms with van der Waals surface area (Å²) in [5.74, 6) is 0. The zero-order valence-electron chi connectivity index (χ0n) is 17.8. The van der Waals surface area contributed by atoms with Crippen molar-refractivity contribution in [3.63, 3.8) is 0 Å². The van der Waals surface area contributed by atoms with Gasteiger partial charge >= 0.3 is 0 Å². The van der Waals surface area contributed by atoms with Crippen LogP contribution < -0.4 is 0 Å². The topological polar surface area (TPSA) is 23.8 Å². The monoisotopic (exact) mass is 430 g/mol. The number of hydrogen-bond acceptors (Lipinski definition) is 3. The van der Waals surface area contributed by atoms with Gasteiger partial charge in [0.1, 0.15) is 5.65 Å². The first-order chi connectivity index (χ1) is 15.2. The van der Waals surface area contributed by atoms with Gasteiger partial charge in [-0.15, -0.1) is 0 Å². The molecule has 0 spiro atoms. The third-order valence-electron chi connectivity index (χ3n) is 6.24. The third kappa shape index (κ3) is 4.24. The molecule has 0 bridgehead atoms. The number of hydrogen-bond donors (Lipinski definition) is 0. The van der Waals surface area contributed by atoms with Crippen molar-refractivity contribution < 1.29 is 0 Å². The predicted octanol–water partition coefficient (Wildman–Crippen LogP) is 5.46. The fourth-order valence-corrected chi connectivity index (χ4v) is 4.50. The van der Waals surface area contributed by atoms with Gasteiger partial charge in [0.15, 0.2) is 0 Å². The van der Waals surface area contributed by atoms with Crippen LogP contribution in [-0.2, 0) is 6.54 Å². The number of aromatic nitrogens is 2. The minimum Gasteiger partial charge on any atom is -0.302 e. The van der Waals surface area contributed by atoms with Crippen molar-refractivity contribution in [2.45, 2.75) is 13.5 Å². The first-order valence-electron chi connectivity index (χ1n) is 11.0. The van der Waals surface area contributed by atoms with Crippen LogP contribution in [0.15, 0.2) is 73.1 Å². The van der Waals surface area contributed by atoms with Crippen molar-refractivity contribution in [1.29, 1.82) is 0 Å². The van der Waals surface area contributed by atoms with Gasteiger partial charge in [-0.3, -0.25) is 4.90 Å². The summed E-state index contributed by atoms with van der Waals surface area (Å²) in [4.78, 5) is 9.89. The van der Waals surface area contributed by atoms with Crippen LogP contribution in [-0.4, -0.2) is 51.9 Å². The number of imidazole rings is 1. The Morgan fingerprint density at radius 3 is 2.26 bits per heavy atom. The van der Waals surface area contributed by atoms with E-state index >= 15 is 0 Å². The van der Waals surface area contributed by atoms with E-state index in [-0.39, 0.29) is 0 Å². The van der Waals surface area contributed by atoms with Gasteiger partial charge in [0.25, 0.3) is 0 Å². The largest absolute Gasteiger partial charge is 0.302 e. The number of halogens is 1. The van der Waals surface area contributed by atoms with Crippen LogP contribution in [0.5, 0.6) is 0 Å². The maximum Gasteiger partial charge on any atom is 0.144 e. The molecule has 158 valence electrons. The first-order valence-corrected chi connectivity index (χ1v) is 11.3. The highest BCUT2D eigenvalue weighted by Gasteiger charge is 2.18. The third-order valence-corrected chi connectivity index (χ3v) is 6.49. The van der Waals surface area contributed by atoms with E-state index in [4.69, 9.17) is 16.6 Å². The Balaban J connectivity index is 1.57. The lowest BCUT2D eigenvalue weighted by Gasteiger charge is -2.33. The average Bonchev–Trinajstić information content (AvgIpc) is 3.23. The fraction of sp³-hybridized carbons (Fsp3) is 0.269. The van der Waals surface area contributed by atoms with Gasteiger partial charge < -0.3 is 9.30 Å². The molecule has 2 aromatic carbocycles. The summed E-state index contributed by atoms with van der Waals surface area (Å²) in [5.41, 5.74) is 6.86. The molecule has 1 saturated heterocycles. The lowest BCUT2D eigenvalue weighted by Crippen LogP contribution is -2.45. The van der Waals surface area contributed by atoms with Crippen molar-refractivity contribution in [2.75, 3.05) is 32.7 Å². The van der Waals surface area contributed by atoms with Gasteiger partial charge in [0.2, 0.25) is 0 Å². The molecular formula is C26H27ClN4. The molecule has 31 heavy (non-hydrogen) atoms. The van der Waals surface area contributed by atoms with Gasteiger partial charge in [-0.1, -0.05) is 61.0 Å². The summed E-state index contributed by atoms with van der Waals surface area (Å²) < 4.78 is 2.28. The Morgan fingerprint density at radius 1 is 0.839 bits per heavy atom. The van der Waals surface area contributed by atoms with Crippen LogP contribution in [0.3, 0.4) is 0 Å². The smallest absolute Gasteiger partial charge is 0.144 e. The second kappa shape index (κ2) is 8.83. The summed E-state index contributed by atoms with van der Waals surface area (Å²) in [5, 5.41) is 0.745. The highest BCUT2D eigenvalue weighted by molar-refractivity contribution is 6.30. The molecule has 0 radical (unpaired) electrons. The molecule has 0 aliphatic carbocycles. The zero-order chi connectivity index (χ0) is 21.2. The molecule has 0 atom stereocenters. The minimum atomic E-state index is 0.745. The van der Waals surface area contributed by atoms with Crippen LogP contribution in [0.25, 0.3) is 27.9 Å². The van der Waals surface area contributed by atoms with Gasteiger partial charge in [0.05, 0.1) is 11.9 Å². The highest BCUT2D eigenvalue weighted by atomic mass is 35.5. The quantitative estimate of drug-likeness (QED) is 0.420. The number of benzene rings is 2. The van der Waals surface area contributed by atoms with Crippen LogP contribution >= 0.6 is 11.6 Å². The van der Waals surface area contributed by atoms with E-state index in [1.165, 1.54) is 16.8 Å². The van der Waals surface area contributed by atoms with Crippen molar-refractivity contribution in [3.05, 3.63) is 83.8 Å². The maximum absolute atomic E-state index is 6.15. The minimum absolute atomic E-state index is 0.745. The lowest BCUT2D eigenvalue weighted by molar-refractivity contribution is 0.130. The van der Waals surface area contributed by atoms with Crippen molar-refractivity contribution in [2.24, 2.45) is 0 Å². The van der Waals surface area contributed by atoms with Gasteiger partial charge in [0, 0.05) is 49.5 Å². The molecule has 1 aliphatic heterocycles. The fourth-order valence-electron chi connectivity index (χ4n) is 4.38. The highest BCUT2D eigenvalue weighted by Crippen LogP contribution is 2.31. The SMILES string of the molecule is CCN1CCN(Cc2cnc3c(-c4ccc(Cl)cc4)cc(-c4ccccc4)cn23)CC1. The number of likely N-dealkylation sites (N-methyl/N-ethyl adjacent to an activating group) is 1. The summed E-state index contributed by atoms with van der Waals surface area (Å²) in [6, 6.07) is 20.8. The van der Waals surface area contributed by atoms with Gasteiger partial charge in [-0.25, -0.2) is 4.98 Å².